The fraction of sp³-hybridized carbons (Fsp3) is 0.143. The number of hydrogen-bond acceptors (Lipinski definition) is 6. The number of hydrogen-bond donors (Lipinski definition) is 0. The van der Waals surface area contributed by atoms with Crippen molar-refractivity contribution in [2.24, 2.45) is 0 Å². The van der Waals surface area contributed by atoms with Gasteiger partial charge in [-0.15, -0.1) is 0 Å². The summed E-state index contributed by atoms with van der Waals surface area (Å²) in [6.45, 7) is -0.437. The lowest BCUT2D eigenvalue weighted by atomic mass is 10.3. The van der Waals surface area contributed by atoms with E-state index in [4.69, 9.17) is 8.37 Å². The lowest BCUT2D eigenvalue weighted by molar-refractivity contribution is 0.133. The molecule has 2 atom stereocenters. The van der Waals surface area contributed by atoms with Crippen LogP contribution in [0.3, 0.4) is 0 Å². The normalized spacial score (nSPS) is 26.1. The van der Waals surface area contributed by atoms with Gasteiger partial charge in [0.2, 0.25) is 0 Å². The van der Waals surface area contributed by atoms with Crippen molar-refractivity contribution in [2.75, 3.05) is 6.79 Å². The van der Waals surface area contributed by atoms with E-state index in [2.05, 4.69) is 8.37 Å². The maximum Gasteiger partial charge on any atom is 0.362 e. The van der Waals surface area contributed by atoms with E-state index in [0.29, 0.717) is 0 Å². The third-order valence-electron chi connectivity index (χ3n) is 1.45. The van der Waals surface area contributed by atoms with Gasteiger partial charge in [0.1, 0.15) is 0 Å². The molecule has 1 aromatic rings. The predicted molar refractivity (Wildman–Crippen MR) is 51.0 cm³/mol. The van der Waals surface area contributed by atoms with Crippen LogP contribution in [0.4, 0.5) is 0 Å². The molecule has 8 heteroatoms. The van der Waals surface area contributed by atoms with Crippen molar-refractivity contribution in [1.29, 1.82) is 0 Å². The molecule has 0 aliphatic carbocycles. The molecule has 0 spiro atoms. The minimum atomic E-state index is -2.00. The topological polar surface area (TPSA) is 71.1 Å². The monoisotopic (exact) mass is 250 g/mol. The quantitative estimate of drug-likeness (QED) is 0.671. The van der Waals surface area contributed by atoms with E-state index < -0.39 is 29.5 Å². The Bertz CT molecular complexity index is 369. The first kappa shape index (κ1) is 10.6. The van der Waals surface area contributed by atoms with Crippen LogP contribution in [-0.2, 0) is 31.1 Å². The lowest BCUT2D eigenvalue weighted by Gasteiger charge is -2.05. The van der Waals surface area contributed by atoms with Crippen LogP contribution in [0.5, 0.6) is 11.5 Å². The van der Waals surface area contributed by atoms with Gasteiger partial charge in [0.25, 0.3) is 0 Å². The Kier molecular flexibility index (Phi) is 3.31. The number of para-hydroxylation sites is 2. The standard InChI is InChI=1S/C7H6O6S2/c8-14-10-5-11-15(9)13-7-4-2-1-3-6(7)12-14/h1-4H,5H2. The van der Waals surface area contributed by atoms with Gasteiger partial charge in [0.15, 0.2) is 18.3 Å². The van der Waals surface area contributed by atoms with Gasteiger partial charge in [-0.25, -0.2) is 8.37 Å². The molecule has 0 aromatic heterocycles. The minimum absolute atomic E-state index is 0.176. The van der Waals surface area contributed by atoms with Gasteiger partial charge in [0.05, 0.1) is 0 Å². The first-order valence-electron chi connectivity index (χ1n) is 3.81. The van der Waals surface area contributed by atoms with Crippen LogP contribution in [0.1, 0.15) is 0 Å². The zero-order valence-electron chi connectivity index (χ0n) is 7.28. The lowest BCUT2D eigenvalue weighted by Crippen LogP contribution is -2.08. The van der Waals surface area contributed by atoms with Gasteiger partial charge in [-0.2, -0.15) is 8.42 Å². The molecule has 2 unspecified atom stereocenters. The molecular weight excluding hydrogens is 244 g/mol. The van der Waals surface area contributed by atoms with Crippen LogP contribution in [0.15, 0.2) is 24.3 Å². The van der Waals surface area contributed by atoms with Gasteiger partial charge >= 0.3 is 22.7 Å². The van der Waals surface area contributed by atoms with Gasteiger partial charge < -0.3 is 8.37 Å². The summed E-state index contributed by atoms with van der Waals surface area (Å²) in [5.41, 5.74) is 0. The molecule has 0 radical (unpaired) electrons. The van der Waals surface area contributed by atoms with Crippen molar-refractivity contribution >= 4 is 22.7 Å². The van der Waals surface area contributed by atoms with E-state index in [1.165, 1.54) is 12.1 Å². The highest BCUT2D eigenvalue weighted by Gasteiger charge is 2.16. The van der Waals surface area contributed by atoms with Crippen LogP contribution in [-0.4, -0.2) is 15.2 Å². The average molecular weight is 250 g/mol. The summed E-state index contributed by atoms with van der Waals surface area (Å²) in [7, 11) is 0. The summed E-state index contributed by atoms with van der Waals surface area (Å²) in [5, 5.41) is 0. The Morgan fingerprint density at radius 2 is 1.40 bits per heavy atom. The average Bonchev–Trinajstić information content (AvgIpc) is 2.26. The van der Waals surface area contributed by atoms with E-state index >= 15 is 0 Å². The first-order valence-corrected chi connectivity index (χ1v) is 5.81. The molecule has 0 saturated heterocycles. The van der Waals surface area contributed by atoms with E-state index in [1.54, 1.807) is 12.1 Å². The summed E-state index contributed by atoms with van der Waals surface area (Å²) in [4.78, 5) is 0. The number of benzene rings is 1. The number of rotatable bonds is 0. The second-order valence-corrected chi connectivity index (χ2v) is 4.00. The second-order valence-electron chi connectivity index (χ2n) is 2.38. The SMILES string of the molecule is O=S1OCOS(=O)Oc2ccccc2O1. The summed E-state index contributed by atoms with van der Waals surface area (Å²) in [6, 6.07) is 6.33. The molecule has 1 aromatic carbocycles. The molecule has 15 heavy (non-hydrogen) atoms. The molecule has 0 bridgehead atoms. The molecule has 0 saturated carbocycles. The van der Waals surface area contributed by atoms with Crippen molar-refractivity contribution in [3.8, 4) is 11.5 Å². The highest BCUT2D eigenvalue weighted by atomic mass is 32.2. The summed E-state index contributed by atoms with van der Waals surface area (Å²) in [5.74, 6) is 0.351. The molecule has 6 nitrogen and oxygen atoms in total. The molecular formula is C7H6O6S2. The second kappa shape index (κ2) is 4.71. The van der Waals surface area contributed by atoms with Crippen molar-refractivity contribution in [2.45, 2.75) is 0 Å². The zero-order valence-corrected chi connectivity index (χ0v) is 8.92. The van der Waals surface area contributed by atoms with Crippen LogP contribution in [0.2, 0.25) is 0 Å². The summed E-state index contributed by atoms with van der Waals surface area (Å²) >= 11 is -3.99. The Labute approximate surface area is 90.8 Å². The third kappa shape index (κ3) is 2.75. The summed E-state index contributed by atoms with van der Waals surface area (Å²) in [6.07, 6.45) is 0. The van der Waals surface area contributed by atoms with E-state index in [-0.39, 0.29) is 11.5 Å². The first-order chi connectivity index (χ1) is 7.25. The van der Waals surface area contributed by atoms with Gasteiger partial charge in [-0.1, -0.05) is 12.1 Å². The van der Waals surface area contributed by atoms with Crippen molar-refractivity contribution in [3.63, 3.8) is 0 Å². The summed E-state index contributed by atoms with van der Waals surface area (Å²) < 4.78 is 41.0. The fourth-order valence-corrected chi connectivity index (χ4v) is 1.86. The van der Waals surface area contributed by atoms with E-state index in [9.17, 15) is 8.42 Å². The predicted octanol–water partition coefficient (Wildman–Crippen LogP) is 0.606. The van der Waals surface area contributed by atoms with Crippen LogP contribution >= 0.6 is 0 Å². The maximum atomic E-state index is 11.1. The fourth-order valence-electron chi connectivity index (χ4n) is 0.881. The molecule has 82 valence electrons. The zero-order chi connectivity index (χ0) is 10.7. The van der Waals surface area contributed by atoms with Gasteiger partial charge in [0, 0.05) is 0 Å². The Hall–Kier alpha value is -0.960. The molecule has 0 amide bonds. The van der Waals surface area contributed by atoms with Gasteiger partial charge in [-0.3, -0.25) is 0 Å². The van der Waals surface area contributed by atoms with Crippen LogP contribution < -0.4 is 8.37 Å². The molecule has 1 heterocycles. The van der Waals surface area contributed by atoms with Crippen LogP contribution in [0.25, 0.3) is 0 Å². The Morgan fingerprint density at radius 3 is 1.87 bits per heavy atom. The highest BCUT2D eigenvalue weighted by molar-refractivity contribution is 7.76. The Morgan fingerprint density at radius 1 is 0.933 bits per heavy atom. The van der Waals surface area contributed by atoms with Gasteiger partial charge in [-0.05, 0) is 12.1 Å². The smallest absolute Gasteiger partial charge is 0.362 e. The molecule has 2 rings (SSSR count). The molecule has 1 aliphatic rings. The maximum absolute atomic E-state index is 11.1. The van der Waals surface area contributed by atoms with Crippen molar-refractivity contribution in [1.82, 2.24) is 0 Å². The van der Waals surface area contributed by atoms with E-state index in [1.807, 2.05) is 0 Å². The number of fused-ring (bicyclic) bond motifs is 1. The molecule has 0 N–H and O–H groups in total. The minimum Gasteiger partial charge on any atom is -0.376 e. The Balaban J connectivity index is 2.32. The van der Waals surface area contributed by atoms with Crippen molar-refractivity contribution < 1.29 is 25.2 Å². The third-order valence-corrected chi connectivity index (χ3v) is 2.66. The molecule has 0 fully saturated rings. The largest absolute Gasteiger partial charge is 0.376 e. The highest BCUT2D eigenvalue weighted by Crippen LogP contribution is 2.28. The van der Waals surface area contributed by atoms with E-state index in [0.717, 1.165) is 0 Å². The molecule has 1 aliphatic heterocycles. The van der Waals surface area contributed by atoms with Crippen molar-refractivity contribution in [3.05, 3.63) is 24.3 Å². The van der Waals surface area contributed by atoms with Crippen LogP contribution in [0, 0.1) is 0 Å².